The summed E-state index contributed by atoms with van der Waals surface area (Å²) in [6.45, 7) is 5.49. The van der Waals surface area contributed by atoms with Crippen molar-refractivity contribution in [1.82, 2.24) is 15.0 Å². The van der Waals surface area contributed by atoms with Crippen LogP contribution in [0.25, 0.3) is 11.0 Å². The number of aliphatic hydroxyl groups excluding tert-OH is 1. The summed E-state index contributed by atoms with van der Waals surface area (Å²) in [5.74, 6) is -0.684. The number of methoxy groups -OCH3 is 2. The molecule has 2 aromatic carbocycles. The van der Waals surface area contributed by atoms with E-state index in [-0.39, 0.29) is 11.5 Å². The van der Waals surface area contributed by atoms with Crippen LogP contribution < -0.4 is 14.4 Å². The average Bonchev–Trinajstić information content (AvgIpc) is 3.50. The first-order valence-corrected chi connectivity index (χ1v) is 12.0. The number of H-pyrrole nitrogens is 1. The monoisotopic (exact) mass is 504 g/mol. The first-order valence-electron chi connectivity index (χ1n) is 11.2. The van der Waals surface area contributed by atoms with Gasteiger partial charge in [0.05, 0.1) is 52.4 Å². The zero-order valence-electron chi connectivity index (χ0n) is 20.4. The number of aryl methyl sites for hydroxylation is 3. The molecule has 5 rings (SSSR count). The van der Waals surface area contributed by atoms with Gasteiger partial charge in [0.2, 0.25) is 11.7 Å². The van der Waals surface area contributed by atoms with Gasteiger partial charge in [-0.05, 0) is 56.2 Å². The van der Waals surface area contributed by atoms with Crippen LogP contribution in [0.3, 0.4) is 0 Å². The number of aliphatic hydroxyl groups is 1. The minimum atomic E-state index is -0.965. The van der Waals surface area contributed by atoms with E-state index in [0.717, 1.165) is 11.1 Å². The van der Waals surface area contributed by atoms with Crippen molar-refractivity contribution in [1.29, 1.82) is 0 Å². The van der Waals surface area contributed by atoms with E-state index in [2.05, 4.69) is 15.0 Å². The van der Waals surface area contributed by atoms with E-state index in [9.17, 15) is 14.7 Å². The van der Waals surface area contributed by atoms with Crippen LogP contribution >= 0.6 is 11.3 Å². The van der Waals surface area contributed by atoms with Gasteiger partial charge in [0.15, 0.2) is 17.3 Å². The Morgan fingerprint density at radius 2 is 1.81 bits per heavy atom. The van der Waals surface area contributed by atoms with E-state index in [1.165, 1.54) is 30.5 Å². The zero-order valence-corrected chi connectivity index (χ0v) is 21.2. The molecule has 10 heteroatoms. The van der Waals surface area contributed by atoms with E-state index >= 15 is 0 Å². The molecule has 9 nitrogen and oxygen atoms in total. The predicted molar refractivity (Wildman–Crippen MR) is 136 cm³/mol. The van der Waals surface area contributed by atoms with Gasteiger partial charge in [-0.3, -0.25) is 14.5 Å². The van der Waals surface area contributed by atoms with Crippen LogP contribution in [0.1, 0.15) is 37.5 Å². The summed E-state index contributed by atoms with van der Waals surface area (Å²) in [5, 5.41) is 11.8. The van der Waals surface area contributed by atoms with Crippen LogP contribution in [0.2, 0.25) is 0 Å². The number of ketones is 1. The van der Waals surface area contributed by atoms with Gasteiger partial charge in [0.25, 0.3) is 5.91 Å². The fourth-order valence-electron chi connectivity index (χ4n) is 4.48. The van der Waals surface area contributed by atoms with Gasteiger partial charge < -0.3 is 19.6 Å². The summed E-state index contributed by atoms with van der Waals surface area (Å²) in [6, 6.07) is 9.83. The number of nitrogens with zero attached hydrogens (tertiary/aromatic N) is 3. The lowest BCUT2D eigenvalue weighted by atomic mass is 9.95. The third-order valence-electron chi connectivity index (χ3n) is 6.14. The largest absolute Gasteiger partial charge is 0.503 e. The normalized spacial score (nSPS) is 15.8. The molecule has 0 saturated carbocycles. The Morgan fingerprint density at radius 1 is 1.06 bits per heavy atom. The summed E-state index contributed by atoms with van der Waals surface area (Å²) >= 11 is 1.22. The Kier molecular flexibility index (Phi) is 5.76. The number of rotatable bonds is 6. The van der Waals surface area contributed by atoms with Crippen molar-refractivity contribution < 1.29 is 24.2 Å². The Bertz CT molecular complexity index is 1570. The number of aromatic nitrogens is 3. The van der Waals surface area contributed by atoms with Crippen molar-refractivity contribution >= 4 is 40.0 Å². The Labute approximate surface area is 211 Å². The summed E-state index contributed by atoms with van der Waals surface area (Å²) in [7, 11) is 3.03. The van der Waals surface area contributed by atoms with Gasteiger partial charge in [-0.1, -0.05) is 12.1 Å². The maximum atomic E-state index is 13.8. The molecule has 2 aromatic heterocycles. The number of imidazole rings is 1. The number of amides is 1. The fourth-order valence-corrected chi connectivity index (χ4v) is 5.36. The average molecular weight is 505 g/mol. The molecule has 36 heavy (non-hydrogen) atoms. The highest BCUT2D eigenvalue weighted by Crippen LogP contribution is 2.44. The van der Waals surface area contributed by atoms with E-state index in [0.29, 0.717) is 38.2 Å². The van der Waals surface area contributed by atoms with Gasteiger partial charge in [-0.25, -0.2) is 9.97 Å². The molecule has 1 atom stereocenters. The number of aromatic amines is 1. The van der Waals surface area contributed by atoms with E-state index in [4.69, 9.17) is 9.47 Å². The Hall–Kier alpha value is -4.18. The molecule has 1 aliphatic rings. The van der Waals surface area contributed by atoms with Gasteiger partial charge in [-0.15, -0.1) is 11.3 Å². The molecule has 0 aliphatic carbocycles. The number of hydrogen-bond acceptors (Lipinski definition) is 8. The molecule has 1 amide bonds. The van der Waals surface area contributed by atoms with Crippen molar-refractivity contribution in [2.45, 2.75) is 26.8 Å². The first kappa shape index (κ1) is 23.6. The summed E-state index contributed by atoms with van der Waals surface area (Å²) in [4.78, 5) is 41.1. The first-order chi connectivity index (χ1) is 17.2. The van der Waals surface area contributed by atoms with Gasteiger partial charge in [-0.2, -0.15) is 0 Å². The molecule has 2 N–H and O–H groups in total. The van der Waals surface area contributed by atoms with Gasteiger partial charge >= 0.3 is 0 Å². The number of ether oxygens (including phenoxy) is 2. The van der Waals surface area contributed by atoms with E-state index in [1.807, 2.05) is 25.1 Å². The molecular formula is C26H24N4O5S. The maximum Gasteiger partial charge on any atom is 0.296 e. The van der Waals surface area contributed by atoms with Crippen molar-refractivity contribution in [3.8, 4) is 11.5 Å². The number of fused-ring (bicyclic) bond motifs is 1. The number of hydrogen-bond donors (Lipinski definition) is 2. The standard InChI is InChI=1S/C26H24N4O5S/c1-12-6-8-16-17(10-12)29-26(28-16)30-21(15-7-9-18(34-4)19(11-15)35-5)20(23(32)25(30)33)22(31)24-13(2)27-14(3)36-24/h6-11,21,32H,1-5H3,(H,28,29). The van der Waals surface area contributed by atoms with E-state index < -0.39 is 23.5 Å². The molecule has 4 aromatic rings. The van der Waals surface area contributed by atoms with Crippen molar-refractivity contribution in [3.05, 3.63) is 74.4 Å². The number of carbonyl (C=O) groups excluding carboxylic acids is 2. The lowest BCUT2D eigenvalue weighted by Crippen LogP contribution is -2.32. The maximum absolute atomic E-state index is 13.8. The molecule has 0 bridgehead atoms. The number of nitrogens with one attached hydrogen (secondary N) is 1. The third-order valence-corrected chi connectivity index (χ3v) is 7.21. The highest BCUT2D eigenvalue weighted by Gasteiger charge is 2.46. The highest BCUT2D eigenvalue weighted by atomic mass is 32.1. The second kappa shape index (κ2) is 8.80. The molecule has 1 unspecified atom stereocenters. The minimum absolute atomic E-state index is 0.0457. The zero-order chi connectivity index (χ0) is 25.7. The third kappa shape index (κ3) is 3.70. The molecule has 0 spiro atoms. The van der Waals surface area contributed by atoms with Crippen LogP contribution in [0.4, 0.5) is 5.95 Å². The van der Waals surface area contributed by atoms with Crippen molar-refractivity contribution in [2.75, 3.05) is 19.1 Å². The topological polar surface area (TPSA) is 118 Å². The molecular weight excluding hydrogens is 480 g/mol. The number of thiazole rings is 1. The van der Waals surface area contributed by atoms with Crippen molar-refractivity contribution in [2.24, 2.45) is 0 Å². The fraction of sp³-hybridized carbons (Fsp3) is 0.231. The van der Waals surface area contributed by atoms with Crippen molar-refractivity contribution in [3.63, 3.8) is 0 Å². The Morgan fingerprint density at radius 3 is 2.47 bits per heavy atom. The molecule has 0 saturated heterocycles. The molecule has 0 fully saturated rings. The summed E-state index contributed by atoms with van der Waals surface area (Å²) in [5.41, 5.74) is 3.45. The second-order valence-corrected chi connectivity index (χ2v) is 9.72. The number of Topliss-reactive ketones (excluding diaryl/α,β-unsaturated/α-hetero) is 1. The molecule has 0 radical (unpaired) electrons. The van der Waals surface area contributed by atoms with Gasteiger partial charge in [0, 0.05) is 0 Å². The second-order valence-electron chi connectivity index (χ2n) is 8.51. The smallest absolute Gasteiger partial charge is 0.296 e. The Balaban J connectivity index is 1.71. The minimum Gasteiger partial charge on any atom is -0.503 e. The summed E-state index contributed by atoms with van der Waals surface area (Å²) < 4.78 is 10.8. The van der Waals surface area contributed by atoms with Crippen LogP contribution in [0, 0.1) is 20.8 Å². The predicted octanol–water partition coefficient (Wildman–Crippen LogP) is 4.74. The lowest BCUT2D eigenvalue weighted by molar-refractivity contribution is -0.117. The molecule has 3 heterocycles. The molecule has 184 valence electrons. The number of carbonyl (C=O) groups is 2. The van der Waals surface area contributed by atoms with Crippen LogP contribution in [-0.2, 0) is 4.79 Å². The van der Waals surface area contributed by atoms with E-state index in [1.54, 1.807) is 32.0 Å². The summed E-state index contributed by atoms with van der Waals surface area (Å²) in [6.07, 6.45) is 0. The SMILES string of the molecule is COc1ccc(C2C(C(=O)c3sc(C)nc3C)=C(O)C(=O)N2c2nc3ccc(C)cc3[nH]2)cc1OC. The highest BCUT2D eigenvalue weighted by molar-refractivity contribution is 7.14. The number of anilines is 1. The number of benzene rings is 2. The molecule has 1 aliphatic heterocycles. The van der Waals surface area contributed by atoms with Crippen LogP contribution in [0.15, 0.2) is 47.7 Å². The lowest BCUT2D eigenvalue weighted by Gasteiger charge is -2.25. The van der Waals surface area contributed by atoms with Crippen LogP contribution in [0.5, 0.6) is 11.5 Å². The quantitative estimate of drug-likeness (QED) is 0.364. The van der Waals surface area contributed by atoms with Gasteiger partial charge in [0.1, 0.15) is 0 Å². The van der Waals surface area contributed by atoms with Crippen LogP contribution in [-0.4, -0.2) is 46.0 Å².